The topological polar surface area (TPSA) is 67.1 Å². The zero-order valence-electron chi connectivity index (χ0n) is 9.93. The molecule has 17 heavy (non-hydrogen) atoms. The highest BCUT2D eigenvalue weighted by molar-refractivity contribution is 9.10. The predicted molar refractivity (Wildman–Crippen MR) is 71.5 cm³/mol. The van der Waals surface area contributed by atoms with Crippen molar-refractivity contribution in [1.82, 2.24) is 15.4 Å². The molecule has 0 radical (unpaired) electrons. The van der Waals surface area contributed by atoms with Crippen LogP contribution in [0.25, 0.3) is 0 Å². The maximum absolute atomic E-state index is 5.89. The third-order valence-electron chi connectivity index (χ3n) is 3.10. The Morgan fingerprint density at radius 2 is 2.00 bits per heavy atom. The van der Waals surface area contributed by atoms with Gasteiger partial charge < -0.3 is 5.73 Å². The van der Waals surface area contributed by atoms with Gasteiger partial charge in [-0.15, -0.1) is 0 Å². The summed E-state index contributed by atoms with van der Waals surface area (Å²) >= 11 is 3.27. The van der Waals surface area contributed by atoms with Crippen molar-refractivity contribution >= 4 is 21.7 Å². The first-order chi connectivity index (χ1) is 8.15. The van der Waals surface area contributed by atoms with Crippen molar-refractivity contribution in [3.63, 3.8) is 0 Å². The lowest BCUT2D eigenvalue weighted by molar-refractivity contribution is 0.340. The first-order valence-electron chi connectivity index (χ1n) is 5.88. The van der Waals surface area contributed by atoms with Crippen LogP contribution in [0.4, 0.5) is 5.82 Å². The largest absolute Gasteiger partial charge is 0.328 e. The summed E-state index contributed by atoms with van der Waals surface area (Å²) in [5, 5.41) is 1.93. The molecule has 94 valence electrons. The fourth-order valence-electron chi connectivity index (χ4n) is 2.07. The van der Waals surface area contributed by atoms with Gasteiger partial charge in [-0.2, -0.15) is 0 Å². The van der Waals surface area contributed by atoms with Crippen LogP contribution in [-0.2, 0) is 0 Å². The molecule has 1 heterocycles. The maximum Gasteiger partial charge on any atom is 0.161 e. The van der Waals surface area contributed by atoms with Gasteiger partial charge in [0.25, 0.3) is 0 Å². The van der Waals surface area contributed by atoms with Crippen molar-refractivity contribution in [1.29, 1.82) is 0 Å². The summed E-state index contributed by atoms with van der Waals surface area (Å²) in [5.74, 6) is 0.822. The normalized spacial score (nSPS) is 24.6. The number of hydrogen-bond donors (Lipinski definition) is 2. The molecule has 0 saturated heterocycles. The highest BCUT2D eigenvalue weighted by atomic mass is 79.9. The molecule has 0 spiro atoms. The number of rotatable bonds is 3. The van der Waals surface area contributed by atoms with Crippen LogP contribution >= 0.6 is 15.9 Å². The van der Waals surface area contributed by atoms with Crippen molar-refractivity contribution < 1.29 is 0 Å². The second kappa shape index (κ2) is 5.75. The second-order valence-electron chi connectivity index (χ2n) is 4.50. The summed E-state index contributed by atoms with van der Waals surface area (Å²) in [6, 6.07) is 0.871. The Hall–Kier alpha value is -0.720. The molecule has 2 rings (SSSR count). The Morgan fingerprint density at radius 3 is 2.59 bits per heavy atom. The Bertz CT molecular complexity index is 347. The van der Waals surface area contributed by atoms with Crippen LogP contribution in [0.5, 0.6) is 0 Å². The number of anilines is 1. The smallest absolute Gasteiger partial charge is 0.161 e. The average Bonchev–Trinajstić information content (AvgIpc) is 2.33. The molecule has 0 bridgehead atoms. The minimum absolute atomic E-state index is 0.380. The molecular weight excluding hydrogens is 282 g/mol. The van der Waals surface area contributed by atoms with E-state index in [1.54, 1.807) is 12.4 Å². The van der Waals surface area contributed by atoms with Crippen LogP contribution in [0, 0.1) is 0 Å². The van der Waals surface area contributed by atoms with Gasteiger partial charge in [0, 0.05) is 19.1 Å². The van der Waals surface area contributed by atoms with Gasteiger partial charge in [0.1, 0.15) is 4.60 Å². The average molecular weight is 300 g/mol. The van der Waals surface area contributed by atoms with Crippen molar-refractivity contribution in [3.8, 4) is 0 Å². The summed E-state index contributed by atoms with van der Waals surface area (Å²) in [7, 11) is 1.96. The lowest BCUT2D eigenvalue weighted by Gasteiger charge is -2.31. The fourth-order valence-corrected chi connectivity index (χ4v) is 2.27. The van der Waals surface area contributed by atoms with E-state index in [-0.39, 0.29) is 0 Å². The van der Waals surface area contributed by atoms with Crippen molar-refractivity contribution in [2.45, 2.75) is 37.8 Å². The van der Waals surface area contributed by atoms with Crippen molar-refractivity contribution in [2.24, 2.45) is 5.73 Å². The number of aromatic nitrogens is 2. The quantitative estimate of drug-likeness (QED) is 0.827. The van der Waals surface area contributed by atoms with E-state index in [2.05, 4.69) is 31.3 Å². The maximum atomic E-state index is 5.89. The fraction of sp³-hybridized carbons (Fsp3) is 0.636. The Balaban J connectivity index is 1.88. The summed E-state index contributed by atoms with van der Waals surface area (Å²) in [4.78, 5) is 8.45. The molecule has 3 N–H and O–H groups in total. The number of hydrazine groups is 1. The SMILES string of the molecule is CN(NC1CCC(N)CC1)c1cnc(Br)cn1. The molecule has 0 atom stereocenters. The third-order valence-corrected chi connectivity index (χ3v) is 3.51. The van der Waals surface area contributed by atoms with E-state index in [1.165, 1.54) is 0 Å². The lowest BCUT2D eigenvalue weighted by atomic mass is 9.92. The van der Waals surface area contributed by atoms with Gasteiger partial charge >= 0.3 is 0 Å². The number of nitrogens with one attached hydrogen (secondary N) is 1. The van der Waals surface area contributed by atoms with Crippen molar-refractivity contribution in [2.75, 3.05) is 12.1 Å². The van der Waals surface area contributed by atoms with Gasteiger partial charge in [0.15, 0.2) is 5.82 Å². The van der Waals surface area contributed by atoms with Gasteiger partial charge in [-0.3, -0.25) is 5.01 Å². The minimum Gasteiger partial charge on any atom is -0.328 e. The molecule has 0 amide bonds. The van der Waals surface area contributed by atoms with Crippen LogP contribution in [0.1, 0.15) is 25.7 Å². The Labute approximate surface area is 110 Å². The highest BCUT2D eigenvalue weighted by Crippen LogP contribution is 2.18. The van der Waals surface area contributed by atoms with E-state index < -0.39 is 0 Å². The van der Waals surface area contributed by atoms with E-state index in [1.807, 2.05) is 12.1 Å². The molecule has 1 saturated carbocycles. The molecule has 1 aromatic rings. The van der Waals surface area contributed by atoms with Crippen LogP contribution in [0.15, 0.2) is 17.0 Å². The molecule has 0 aliphatic heterocycles. The highest BCUT2D eigenvalue weighted by Gasteiger charge is 2.19. The molecular formula is C11H18BrN5. The minimum atomic E-state index is 0.380. The Kier molecular flexibility index (Phi) is 4.31. The van der Waals surface area contributed by atoms with E-state index in [0.29, 0.717) is 12.1 Å². The predicted octanol–water partition coefficient (Wildman–Crippen LogP) is 1.45. The van der Waals surface area contributed by atoms with Gasteiger partial charge in [-0.25, -0.2) is 15.4 Å². The molecule has 0 unspecified atom stereocenters. The van der Waals surface area contributed by atoms with E-state index in [9.17, 15) is 0 Å². The van der Waals surface area contributed by atoms with Gasteiger partial charge in [-0.1, -0.05) is 0 Å². The van der Waals surface area contributed by atoms with Gasteiger partial charge in [0.2, 0.25) is 0 Å². The molecule has 0 aromatic carbocycles. The van der Waals surface area contributed by atoms with Crippen molar-refractivity contribution in [3.05, 3.63) is 17.0 Å². The molecule has 1 aromatic heterocycles. The Morgan fingerprint density at radius 1 is 1.29 bits per heavy atom. The van der Waals surface area contributed by atoms with E-state index in [4.69, 9.17) is 5.73 Å². The molecule has 1 aliphatic rings. The zero-order chi connectivity index (χ0) is 12.3. The zero-order valence-corrected chi connectivity index (χ0v) is 11.5. The molecule has 1 fully saturated rings. The van der Waals surface area contributed by atoms with E-state index in [0.717, 1.165) is 36.1 Å². The summed E-state index contributed by atoms with van der Waals surface area (Å²) in [5.41, 5.74) is 9.32. The first-order valence-corrected chi connectivity index (χ1v) is 6.67. The van der Waals surface area contributed by atoms with Gasteiger partial charge in [0.05, 0.1) is 12.4 Å². The second-order valence-corrected chi connectivity index (χ2v) is 5.31. The summed E-state index contributed by atoms with van der Waals surface area (Å²) < 4.78 is 0.748. The van der Waals surface area contributed by atoms with Crippen LogP contribution in [0.2, 0.25) is 0 Å². The monoisotopic (exact) mass is 299 g/mol. The number of nitrogens with two attached hydrogens (primary N) is 1. The number of halogens is 1. The third kappa shape index (κ3) is 3.62. The van der Waals surface area contributed by atoms with Gasteiger partial charge in [-0.05, 0) is 41.6 Å². The van der Waals surface area contributed by atoms with Crippen LogP contribution in [0.3, 0.4) is 0 Å². The number of hydrogen-bond acceptors (Lipinski definition) is 5. The van der Waals surface area contributed by atoms with E-state index >= 15 is 0 Å². The molecule has 1 aliphatic carbocycles. The molecule has 6 heteroatoms. The summed E-state index contributed by atoms with van der Waals surface area (Å²) in [6.45, 7) is 0. The van der Waals surface area contributed by atoms with Crippen LogP contribution < -0.4 is 16.2 Å². The number of nitrogens with zero attached hydrogens (tertiary/aromatic N) is 3. The standard InChI is InChI=1S/C11H18BrN5/c1-17(11-7-14-10(12)6-15-11)16-9-4-2-8(13)3-5-9/h6-9,16H,2-5,13H2,1H3. The molecule has 5 nitrogen and oxygen atoms in total. The van der Waals surface area contributed by atoms with Crippen LogP contribution in [-0.4, -0.2) is 29.1 Å². The first kappa shape index (κ1) is 12.7. The summed E-state index contributed by atoms with van der Waals surface area (Å²) in [6.07, 6.45) is 7.87. The lowest BCUT2D eigenvalue weighted by Crippen LogP contribution is -2.46.